The molecule has 2 N–H and O–H groups in total. The quantitative estimate of drug-likeness (QED) is 0.822. The number of aromatic nitrogens is 1. The molecular formula is C10H17N3OS. The first-order valence-corrected chi connectivity index (χ1v) is 6.07. The van der Waals surface area contributed by atoms with Crippen molar-refractivity contribution in [2.75, 3.05) is 26.8 Å². The van der Waals surface area contributed by atoms with Crippen LogP contribution in [-0.4, -0.2) is 42.2 Å². The lowest BCUT2D eigenvalue weighted by Gasteiger charge is -2.36. The van der Waals surface area contributed by atoms with Gasteiger partial charge in [0, 0.05) is 25.1 Å². The Morgan fingerprint density at radius 1 is 1.73 bits per heavy atom. The van der Waals surface area contributed by atoms with Gasteiger partial charge in [0.2, 0.25) is 0 Å². The molecule has 0 aliphatic carbocycles. The summed E-state index contributed by atoms with van der Waals surface area (Å²) in [5.74, 6) is 0. The summed E-state index contributed by atoms with van der Waals surface area (Å²) in [6.07, 6.45) is 1.02. The molecule has 0 bridgehead atoms. The number of thiazole rings is 1. The van der Waals surface area contributed by atoms with Gasteiger partial charge in [-0.1, -0.05) is 0 Å². The van der Waals surface area contributed by atoms with Crippen LogP contribution in [0.25, 0.3) is 0 Å². The number of likely N-dealkylation sites (N-methyl/N-ethyl adjacent to an activating group) is 1. The highest BCUT2D eigenvalue weighted by atomic mass is 32.1. The Hall–Kier alpha value is -0.490. The number of nitrogens with two attached hydrogens (primary N) is 1. The molecule has 1 saturated heterocycles. The predicted octanol–water partition coefficient (Wildman–Crippen LogP) is 0.693. The first-order valence-electron chi connectivity index (χ1n) is 5.13. The van der Waals surface area contributed by atoms with Gasteiger partial charge in [-0.3, -0.25) is 4.90 Å². The minimum Gasteiger partial charge on any atom is -0.379 e. The summed E-state index contributed by atoms with van der Waals surface area (Å²) in [4.78, 5) is 6.56. The van der Waals surface area contributed by atoms with E-state index in [9.17, 15) is 0 Å². The number of nitrogens with zero attached hydrogens (tertiary/aromatic N) is 2. The van der Waals surface area contributed by atoms with E-state index in [4.69, 9.17) is 10.5 Å². The second-order valence-corrected chi connectivity index (χ2v) is 4.79. The Kier molecular flexibility index (Phi) is 3.35. The number of rotatable bonds is 4. The lowest BCUT2D eigenvalue weighted by atomic mass is 9.97. The van der Waals surface area contributed by atoms with Gasteiger partial charge in [-0.15, -0.1) is 11.3 Å². The molecule has 1 atom stereocenters. The highest BCUT2D eigenvalue weighted by molar-refractivity contribution is 7.07. The van der Waals surface area contributed by atoms with Crippen LogP contribution in [0, 0.1) is 0 Å². The summed E-state index contributed by atoms with van der Waals surface area (Å²) in [6, 6.07) is 0. The van der Waals surface area contributed by atoms with Crippen LogP contribution < -0.4 is 5.73 Å². The van der Waals surface area contributed by atoms with E-state index in [0.29, 0.717) is 6.54 Å². The zero-order chi connectivity index (χ0) is 10.7. The Labute approximate surface area is 94.1 Å². The highest BCUT2D eigenvalue weighted by Crippen LogP contribution is 2.25. The first kappa shape index (κ1) is 11.0. The van der Waals surface area contributed by atoms with Crippen LogP contribution in [-0.2, 0) is 11.3 Å². The number of ether oxygens (including phenoxy) is 1. The Morgan fingerprint density at radius 2 is 2.60 bits per heavy atom. The predicted molar refractivity (Wildman–Crippen MR) is 60.8 cm³/mol. The van der Waals surface area contributed by atoms with Gasteiger partial charge in [-0.25, -0.2) is 4.98 Å². The topological polar surface area (TPSA) is 51.4 Å². The van der Waals surface area contributed by atoms with Crippen molar-refractivity contribution in [2.24, 2.45) is 5.73 Å². The molecule has 84 valence electrons. The van der Waals surface area contributed by atoms with E-state index in [1.807, 2.05) is 5.51 Å². The van der Waals surface area contributed by atoms with Crippen LogP contribution in [0.5, 0.6) is 0 Å². The SMILES string of the molecule is CN(Cc1cscn1)C1(CN)CCOC1. The fourth-order valence-electron chi connectivity index (χ4n) is 1.94. The molecule has 4 nitrogen and oxygen atoms in total. The van der Waals surface area contributed by atoms with Crippen LogP contribution in [0.3, 0.4) is 0 Å². The summed E-state index contributed by atoms with van der Waals surface area (Å²) in [7, 11) is 2.10. The van der Waals surface area contributed by atoms with Gasteiger partial charge in [-0.05, 0) is 13.5 Å². The molecule has 0 aromatic carbocycles. The standard InChI is InChI=1S/C10H17N3OS/c1-13(4-9-5-15-8-12-9)10(6-11)2-3-14-7-10/h5,8H,2-4,6-7,11H2,1H3. The molecule has 1 unspecified atom stereocenters. The molecule has 1 aromatic rings. The second-order valence-electron chi connectivity index (χ2n) is 4.07. The molecule has 1 aliphatic heterocycles. The van der Waals surface area contributed by atoms with E-state index in [0.717, 1.165) is 31.9 Å². The Balaban J connectivity index is 2.02. The zero-order valence-electron chi connectivity index (χ0n) is 8.98. The van der Waals surface area contributed by atoms with Gasteiger partial charge in [0.15, 0.2) is 0 Å². The summed E-state index contributed by atoms with van der Waals surface area (Å²) >= 11 is 1.63. The summed E-state index contributed by atoms with van der Waals surface area (Å²) < 4.78 is 5.45. The smallest absolute Gasteiger partial charge is 0.0795 e. The second kappa shape index (κ2) is 4.57. The molecule has 0 spiro atoms. The van der Waals surface area contributed by atoms with Crippen LogP contribution >= 0.6 is 11.3 Å². The minimum atomic E-state index is 0.0175. The minimum absolute atomic E-state index is 0.0175. The number of hydrogen-bond acceptors (Lipinski definition) is 5. The van der Waals surface area contributed by atoms with Crippen molar-refractivity contribution in [3.63, 3.8) is 0 Å². The highest BCUT2D eigenvalue weighted by Gasteiger charge is 2.37. The Bertz CT molecular complexity index is 296. The van der Waals surface area contributed by atoms with E-state index in [1.54, 1.807) is 11.3 Å². The molecule has 0 saturated carbocycles. The Morgan fingerprint density at radius 3 is 3.13 bits per heavy atom. The van der Waals surface area contributed by atoms with Crippen molar-refractivity contribution in [2.45, 2.75) is 18.5 Å². The molecule has 1 fully saturated rings. The zero-order valence-corrected chi connectivity index (χ0v) is 9.80. The first-order chi connectivity index (χ1) is 7.27. The van der Waals surface area contributed by atoms with Crippen LogP contribution in [0.4, 0.5) is 0 Å². The molecule has 0 amide bonds. The molecule has 0 radical (unpaired) electrons. The van der Waals surface area contributed by atoms with Crippen molar-refractivity contribution in [3.05, 3.63) is 16.6 Å². The van der Waals surface area contributed by atoms with Crippen molar-refractivity contribution in [3.8, 4) is 0 Å². The molecule has 2 rings (SSSR count). The molecule has 2 heterocycles. The van der Waals surface area contributed by atoms with E-state index in [-0.39, 0.29) is 5.54 Å². The van der Waals surface area contributed by atoms with Gasteiger partial charge in [0.05, 0.1) is 23.4 Å². The van der Waals surface area contributed by atoms with Gasteiger partial charge < -0.3 is 10.5 Å². The van der Waals surface area contributed by atoms with Gasteiger partial charge in [-0.2, -0.15) is 0 Å². The van der Waals surface area contributed by atoms with Gasteiger partial charge in [0.25, 0.3) is 0 Å². The van der Waals surface area contributed by atoms with Gasteiger partial charge >= 0.3 is 0 Å². The summed E-state index contributed by atoms with van der Waals surface area (Å²) in [6.45, 7) is 3.06. The number of hydrogen-bond donors (Lipinski definition) is 1. The average Bonchev–Trinajstić information content (AvgIpc) is 2.87. The van der Waals surface area contributed by atoms with E-state index in [2.05, 4.69) is 22.3 Å². The molecule has 5 heteroatoms. The van der Waals surface area contributed by atoms with Crippen molar-refractivity contribution < 1.29 is 4.74 Å². The van der Waals surface area contributed by atoms with Crippen molar-refractivity contribution >= 4 is 11.3 Å². The maximum atomic E-state index is 5.86. The molecule has 1 aliphatic rings. The third-order valence-corrected chi connectivity index (χ3v) is 3.79. The maximum absolute atomic E-state index is 5.86. The molecule has 1 aromatic heterocycles. The van der Waals surface area contributed by atoms with Crippen LogP contribution in [0.2, 0.25) is 0 Å². The molecule has 15 heavy (non-hydrogen) atoms. The lowest BCUT2D eigenvalue weighted by molar-refractivity contribution is 0.0874. The average molecular weight is 227 g/mol. The maximum Gasteiger partial charge on any atom is 0.0795 e. The van der Waals surface area contributed by atoms with E-state index < -0.39 is 0 Å². The third-order valence-electron chi connectivity index (χ3n) is 3.15. The van der Waals surface area contributed by atoms with E-state index >= 15 is 0 Å². The van der Waals surface area contributed by atoms with Gasteiger partial charge in [0.1, 0.15) is 0 Å². The van der Waals surface area contributed by atoms with Crippen molar-refractivity contribution in [1.29, 1.82) is 0 Å². The van der Waals surface area contributed by atoms with Crippen LogP contribution in [0.15, 0.2) is 10.9 Å². The van der Waals surface area contributed by atoms with Crippen LogP contribution in [0.1, 0.15) is 12.1 Å². The fraction of sp³-hybridized carbons (Fsp3) is 0.700. The summed E-state index contributed by atoms with van der Waals surface area (Å²) in [5, 5.41) is 2.08. The lowest BCUT2D eigenvalue weighted by Crippen LogP contribution is -2.52. The third kappa shape index (κ3) is 2.20. The van der Waals surface area contributed by atoms with Crippen molar-refractivity contribution in [1.82, 2.24) is 9.88 Å². The summed E-state index contributed by atoms with van der Waals surface area (Å²) in [5.41, 5.74) is 8.85. The fourth-order valence-corrected chi connectivity index (χ4v) is 2.49. The monoisotopic (exact) mass is 227 g/mol. The largest absolute Gasteiger partial charge is 0.379 e. The normalized spacial score (nSPS) is 26.3. The van der Waals surface area contributed by atoms with E-state index in [1.165, 1.54) is 0 Å². The molecular weight excluding hydrogens is 210 g/mol.